The number of nitrogens with one attached hydrogen (secondary N) is 1. The lowest BCUT2D eigenvalue weighted by molar-refractivity contribution is 0.169. The van der Waals surface area contributed by atoms with Gasteiger partial charge in [-0.1, -0.05) is 12.1 Å². The minimum Gasteiger partial charge on any atom is -0.486 e. The molecule has 0 bridgehead atoms. The van der Waals surface area contributed by atoms with Crippen LogP contribution in [0.25, 0.3) is 0 Å². The molecule has 1 aliphatic heterocycles. The van der Waals surface area contributed by atoms with Gasteiger partial charge >= 0.3 is 0 Å². The number of aliphatic hydroxyl groups is 1. The summed E-state index contributed by atoms with van der Waals surface area (Å²) in [7, 11) is 0. The fourth-order valence-corrected chi connectivity index (χ4v) is 1.58. The van der Waals surface area contributed by atoms with Crippen LogP contribution in [0.5, 0.6) is 11.5 Å². The van der Waals surface area contributed by atoms with Gasteiger partial charge in [0.05, 0.1) is 6.61 Å². The van der Waals surface area contributed by atoms with Crippen molar-refractivity contribution in [3.63, 3.8) is 0 Å². The second kappa shape index (κ2) is 5.00. The summed E-state index contributed by atoms with van der Waals surface area (Å²) in [6.45, 7) is 2.63. The predicted molar refractivity (Wildman–Crippen MR) is 56.2 cm³/mol. The molecule has 0 aromatic heterocycles. The number of hydrogen-bond donors (Lipinski definition) is 2. The first-order valence-corrected chi connectivity index (χ1v) is 5.11. The van der Waals surface area contributed by atoms with Gasteiger partial charge in [0.15, 0.2) is 11.5 Å². The SMILES string of the molecule is OCCNCc1cccc2c1OCCO2. The van der Waals surface area contributed by atoms with Crippen molar-refractivity contribution in [3.8, 4) is 11.5 Å². The van der Waals surface area contributed by atoms with E-state index in [9.17, 15) is 0 Å². The van der Waals surface area contributed by atoms with E-state index >= 15 is 0 Å². The van der Waals surface area contributed by atoms with E-state index in [-0.39, 0.29) is 6.61 Å². The molecule has 2 N–H and O–H groups in total. The zero-order valence-electron chi connectivity index (χ0n) is 8.53. The number of benzene rings is 1. The summed E-state index contributed by atoms with van der Waals surface area (Å²) in [5.41, 5.74) is 1.07. The van der Waals surface area contributed by atoms with Crippen LogP contribution in [0, 0.1) is 0 Å². The molecule has 0 spiro atoms. The Morgan fingerprint density at radius 3 is 3.00 bits per heavy atom. The number of hydrogen-bond acceptors (Lipinski definition) is 4. The van der Waals surface area contributed by atoms with Crippen molar-refractivity contribution in [2.75, 3.05) is 26.4 Å². The van der Waals surface area contributed by atoms with Crippen LogP contribution in [0.2, 0.25) is 0 Å². The van der Waals surface area contributed by atoms with E-state index in [2.05, 4.69) is 5.32 Å². The highest BCUT2D eigenvalue weighted by Crippen LogP contribution is 2.33. The quantitative estimate of drug-likeness (QED) is 0.711. The molecule has 82 valence electrons. The maximum Gasteiger partial charge on any atom is 0.165 e. The lowest BCUT2D eigenvalue weighted by atomic mass is 10.1. The third-order valence-corrected chi connectivity index (χ3v) is 2.25. The first-order chi connectivity index (χ1) is 7.42. The van der Waals surface area contributed by atoms with Crippen molar-refractivity contribution in [3.05, 3.63) is 23.8 Å². The van der Waals surface area contributed by atoms with Crippen LogP contribution in [0.1, 0.15) is 5.56 Å². The highest BCUT2D eigenvalue weighted by Gasteiger charge is 2.14. The van der Waals surface area contributed by atoms with Crippen molar-refractivity contribution in [1.82, 2.24) is 5.32 Å². The smallest absolute Gasteiger partial charge is 0.165 e. The summed E-state index contributed by atoms with van der Waals surface area (Å²) in [5.74, 6) is 1.64. The van der Waals surface area contributed by atoms with E-state index in [1.807, 2.05) is 18.2 Å². The second-order valence-electron chi connectivity index (χ2n) is 3.34. The molecule has 0 saturated carbocycles. The molecule has 4 heteroatoms. The van der Waals surface area contributed by atoms with Gasteiger partial charge in [-0.15, -0.1) is 0 Å². The summed E-state index contributed by atoms with van der Waals surface area (Å²) in [6.07, 6.45) is 0. The molecule has 1 aromatic carbocycles. The van der Waals surface area contributed by atoms with Crippen molar-refractivity contribution < 1.29 is 14.6 Å². The molecule has 0 unspecified atom stereocenters. The Kier molecular flexibility index (Phi) is 3.42. The molecular weight excluding hydrogens is 194 g/mol. The lowest BCUT2D eigenvalue weighted by Crippen LogP contribution is -2.21. The van der Waals surface area contributed by atoms with Gasteiger partial charge in [-0.2, -0.15) is 0 Å². The van der Waals surface area contributed by atoms with E-state index in [1.54, 1.807) is 0 Å². The van der Waals surface area contributed by atoms with Crippen molar-refractivity contribution >= 4 is 0 Å². The van der Waals surface area contributed by atoms with E-state index in [4.69, 9.17) is 14.6 Å². The molecular formula is C11H15NO3. The van der Waals surface area contributed by atoms with Crippen LogP contribution in [0.15, 0.2) is 18.2 Å². The molecule has 0 radical (unpaired) electrons. The Balaban J connectivity index is 2.09. The van der Waals surface area contributed by atoms with E-state index in [0.29, 0.717) is 26.3 Å². The first kappa shape index (κ1) is 10.3. The van der Waals surface area contributed by atoms with Gasteiger partial charge in [-0.05, 0) is 6.07 Å². The standard InChI is InChI=1S/C11H15NO3/c13-5-4-12-8-9-2-1-3-10-11(9)15-7-6-14-10/h1-3,12-13H,4-8H2. The third-order valence-electron chi connectivity index (χ3n) is 2.25. The Hall–Kier alpha value is -1.26. The zero-order chi connectivity index (χ0) is 10.5. The van der Waals surface area contributed by atoms with Gasteiger partial charge in [0, 0.05) is 18.7 Å². The molecule has 1 heterocycles. The fraction of sp³-hybridized carbons (Fsp3) is 0.455. The topological polar surface area (TPSA) is 50.7 Å². The highest BCUT2D eigenvalue weighted by molar-refractivity contribution is 5.47. The lowest BCUT2D eigenvalue weighted by Gasteiger charge is -2.21. The number of rotatable bonds is 4. The van der Waals surface area contributed by atoms with Crippen LogP contribution in [0.4, 0.5) is 0 Å². The summed E-state index contributed by atoms with van der Waals surface area (Å²) in [6, 6.07) is 5.85. The third kappa shape index (κ3) is 2.40. The molecule has 2 rings (SSSR count). The summed E-state index contributed by atoms with van der Waals surface area (Å²) in [5, 5.41) is 11.8. The minimum absolute atomic E-state index is 0.145. The van der Waals surface area contributed by atoms with Gasteiger partial charge in [0.2, 0.25) is 0 Å². The summed E-state index contributed by atoms with van der Waals surface area (Å²) >= 11 is 0. The fourth-order valence-electron chi connectivity index (χ4n) is 1.58. The van der Waals surface area contributed by atoms with Crippen molar-refractivity contribution in [2.45, 2.75) is 6.54 Å². The van der Waals surface area contributed by atoms with Gasteiger partial charge in [0.1, 0.15) is 13.2 Å². The summed E-state index contributed by atoms with van der Waals surface area (Å²) in [4.78, 5) is 0. The molecule has 1 aromatic rings. The van der Waals surface area contributed by atoms with Crippen molar-refractivity contribution in [1.29, 1.82) is 0 Å². The van der Waals surface area contributed by atoms with Crippen LogP contribution < -0.4 is 14.8 Å². The maximum absolute atomic E-state index is 8.66. The highest BCUT2D eigenvalue weighted by atomic mass is 16.6. The molecule has 0 aliphatic carbocycles. The largest absolute Gasteiger partial charge is 0.486 e. The van der Waals surface area contributed by atoms with E-state index in [1.165, 1.54) is 0 Å². The maximum atomic E-state index is 8.66. The van der Waals surface area contributed by atoms with Crippen LogP contribution in [-0.4, -0.2) is 31.5 Å². The van der Waals surface area contributed by atoms with E-state index in [0.717, 1.165) is 17.1 Å². The number of fused-ring (bicyclic) bond motifs is 1. The Bertz CT molecular complexity index is 328. The first-order valence-electron chi connectivity index (χ1n) is 5.11. The normalized spacial score (nSPS) is 13.9. The number of para-hydroxylation sites is 1. The molecule has 4 nitrogen and oxygen atoms in total. The molecule has 0 saturated heterocycles. The van der Waals surface area contributed by atoms with Gasteiger partial charge in [0.25, 0.3) is 0 Å². The number of ether oxygens (including phenoxy) is 2. The molecule has 1 aliphatic rings. The monoisotopic (exact) mass is 209 g/mol. The Morgan fingerprint density at radius 1 is 1.27 bits per heavy atom. The molecule has 0 atom stereocenters. The zero-order valence-corrected chi connectivity index (χ0v) is 8.53. The van der Waals surface area contributed by atoms with Crippen LogP contribution >= 0.6 is 0 Å². The second-order valence-corrected chi connectivity index (χ2v) is 3.34. The van der Waals surface area contributed by atoms with Gasteiger partial charge in [-0.25, -0.2) is 0 Å². The Morgan fingerprint density at radius 2 is 2.13 bits per heavy atom. The molecule has 15 heavy (non-hydrogen) atoms. The van der Waals surface area contributed by atoms with Gasteiger partial charge in [-0.3, -0.25) is 0 Å². The molecule has 0 fully saturated rings. The van der Waals surface area contributed by atoms with Crippen LogP contribution in [0.3, 0.4) is 0 Å². The average Bonchev–Trinajstić information content (AvgIpc) is 2.30. The Labute approximate surface area is 88.8 Å². The summed E-state index contributed by atoms with van der Waals surface area (Å²) < 4.78 is 11.0. The van der Waals surface area contributed by atoms with Gasteiger partial charge < -0.3 is 19.9 Å². The average molecular weight is 209 g/mol. The van der Waals surface area contributed by atoms with Crippen molar-refractivity contribution in [2.24, 2.45) is 0 Å². The number of aliphatic hydroxyl groups excluding tert-OH is 1. The predicted octanol–water partition coefficient (Wildman–Crippen LogP) is 0.540. The molecule has 0 amide bonds. The minimum atomic E-state index is 0.145. The van der Waals surface area contributed by atoms with Crippen LogP contribution in [-0.2, 0) is 6.54 Å². The van der Waals surface area contributed by atoms with E-state index < -0.39 is 0 Å².